The van der Waals surface area contributed by atoms with Crippen LogP contribution in [-0.2, 0) is 0 Å². The fourth-order valence-corrected chi connectivity index (χ4v) is 4.87. The first-order chi connectivity index (χ1) is 12.1. The van der Waals surface area contributed by atoms with E-state index in [0.29, 0.717) is 12.0 Å². The molecule has 0 amide bonds. The van der Waals surface area contributed by atoms with Crippen molar-refractivity contribution >= 4 is 17.0 Å². The Hall–Kier alpha value is -1.85. The predicted molar refractivity (Wildman–Crippen MR) is 103 cm³/mol. The standard InChI is InChI=1S/C20H24N2O2S/c1-12-7-19(25-11-12)20-14-9-18(24-4)17(23-3)8-13(14)15-10-22(2)6-5-16(15)21-20/h7-9,11,15-16H,5-6,10H2,1-4H3/t15-,16-/m1/s1. The van der Waals surface area contributed by atoms with Gasteiger partial charge < -0.3 is 14.4 Å². The van der Waals surface area contributed by atoms with Crippen molar-refractivity contribution in [1.82, 2.24) is 4.90 Å². The van der Waals surface area contributed by atoms with Gasteiger partial charge >= 0.3 is 0 Å². The van der Waals surface area contributed by atoms with Crippen molar-refractivity contribution < 1.29 is 9.47 Å². The van der Waals surface area contributed by atoms with Gasteiger partial charge in [0.25, 0.3) is 0 Å². The van der Waals surface area contributed by atoms with Crippen LogP contribution in [0.15, 0.2) is 28.6 Å². The minimum atomic E-state index is 0.346. The summed E-state index contributed by atoms with van der Waals surface area (Å²) in [6.07, 6.45) is 1.10. The maximum atomic E-state index is 5.58. The van der Waals surface area contributed by atoms with Crippen LogP contribution >= 0.6 is 11.3 Å². The molecule has 3 heterocycles. The molecule has 2 aromatic rings. The molecule has 132 valence electrons. The number of fused-ring (bicyclic) bond motifs is 3. The highest BCUT2D eigenvalue weighted by Crippen LogP contribution is 2.42. The van der Waals surface area contributed by atoms with Crippen molar-refractivity contribution in [2.24, 2.45) is 4.99 Å². The molecule has 2 aliphatic heterocycles. The van der Waals surface area contributed by atoms with Gasteiger partial charge in [-0.3, -0.25) is 4.99 Å². The maximum Gasteiger partial charge on any atom is 0.161 e. The minimum Gasteiger partial charge on any atom is -0.493 e. The average molecular weight is 356 g/mol. The number of hydrogen-bond donors (Lipinski definition) is 0. The SMILES string of the molecule is COc1cc2c(cc1OC)[C@H]1CN(C)CC[C@H]1N=C2c1cc(C)cs1. The number of thiophene rings is 1. The Bertz CT molecular complexity index is 827. The van der Waals surface area contributed by atoms with Gasteiger partial charge in [0.2, 0.25) is 0 Å². The smallest absolute Gasteiger partial charge is 0.161 e. The van der Waals surface area contributed by atoms with Crippen LogP contribution in [0, 0.1) is 6.92 Å². The van der Waals surface area contributed by atoms with E-state index in [4.69, 9.17) is 14.5 Å². The highest BCUT2D eigenvalue weighted by atomic mass is 32.1. The van der Waals surface area contributed by atoms with Gasteiger partial charge in [0.05, 0.1) is 30.9 Å². The first-order valence-electron chi connectivity index (χ1n) is 8.69. The normalized spacial score (nSPS) is 22.8. The second-order valence-corrected chi connectivity index (χ2v) is 7.90. The van der Waals surface area contributed by atoms with Gasteiger partial charge in [0, 0.05) is 18.0 Å². The molecule has 4 rings (SSSR count). The quantitative estimate of drug-likeness (QED) is 0.841. The number of benzene rings is 1. The third kappa shape index (κ3) is 2.85. The second kappa shape index (κ2) is 6.46. The van der Waals surface area contributed by atoms with Crippen molar-refractivity contribution in [3.63, 3.8) is 0 Å². The van der Waals surface area contributed by atoms with Gasteiger partial charge in [-0.15, -0.1) is 11.3 Å². The summed E-state index contributed by atoms with van der Waals surface area (Å²) >= 11 is 1.77. The third-order valence-corrected chi connectivity index (χ3v) is 6.30. The molecule has 5 heteroatoms. The Balaban J connectivity index is 1.90. The van der Waals surface area contributed by atoms with Gasteiger partial charge in [-0.1, -0.05) is 0 Å². The molecule has 25 heavy (non-hydrogen) atoms. The van der Waals surface area contributed by atoms with Crippen LogP contribution in [0.3, 0.4) is 0 Å². The van der Waals surface area contributed by atoms with Gasteiger partial charge in [-0.2, -0.15) is 0 Å². The van der Waals surface area contributed by atoms with E-state index in [2.05, 4.69) is 42.5 Å². The minimum absolute atomic E-state index is 0.346. The van der Waals surface area contributed by atoms with E-state index in [1.165, 1.54) is 21.6 Å². The summed E-state index contributed by atoms with van der Waals surface area (Å²) in [4.78, 5) is 8.84. The molecule has 4 nitrogen and oxygen atoms in total. The van der Waals surface area contributed by atoms with Crippen LogP contribution in [0.1, 0.15) is 33.9 Å². The van der Waals surface area contributed by atoms with Crippen LogP contribution in [-0.4, -0.2) is 51.0 Å². The number of aliphatic imine (C=N–C) groups is 1. The van der Waals surface area contributed by atoms with E-state index in [0.717, 1.165) is 36.7 Å². The number of nitrogens with zero attached hydrogens (tertiary/aromatic N) is 2. The molecule has 0 spiro atoms. The number of hydrogen-bond acceptors (Lipinski definition) is 5. The Labute approximate surface area is 153 Å². The lowest BCUT2D eigenvalue weighted by atomic mass is 9.79. The van der Waals surface area contributed by atoms with Crippen LogP contribution in [0.4, 0.5) is 0 Å². The molecule has 1 fully saturated rings. The molecule has 2 atom stereocenters. The molecule has 0 aliphatic carbocycles. The topological polar surface area (TPSA) is 34.1 Å². The number of ether oxygens (including phenoxy) is 2. The number of piperidine rings is 1. The summed E-state index contributed by atoms with van der Waals surface area (Å²) in [6.45, 7) is 4.27. The van der Waals surface area contributed by atoms with Gasteiger partial charge in [-0.05, 0) is 61.6 Å². The van der Waals surface area contributed by atoms with Crippen LogP contribution < -0.4 is 9.47 Å². The highest BCUT2D eigenvalue weighted by Gasteiger charge is 2.36. The van der Waals surface area contributed by atoms with Crippen molar-refractivity contribution in [2.75, 3.05) is 34.4 Å². The Kier molecular flexibility index (Phi) is 4.29. The molecule has 0 radical (unpaired) electrons. The fourth-order valence-electron chi connectivity index (χ4n) is 3.96. The molecule has 2 aliphatic rings. The summed E-state index contributed by atoms with van der Waals surface area (Å²) in [6, 6.07) is 6.85. The monoisotopic (exact) mass is 356 g/mol. The van der Waals surface area contributed by atoms with E-state index >= 15 is 0 Å². The zero-order valence-electron chi connectivity index (χ0n) is 15.2. The average Bonchev–Trinajstić information content (AvgIpc) is 3.06. The largest absolute Gasteiger partial charge is 0.493 e. The van der Waals surface area contributed by atoms with Gasteiger partial charge in [-0.25, -0.2) is 0 Å². The number of likely N-dealkylation sites (tertiary alicyclic amines) is 1. The lowest BCUT2D eigenvalue weighted by molar-refractivity contribution is 0.227. The fraction of sp³-hybridized carbons (Fsp3) is 0.450. The highest BCUT2D eigenvalue weighted by molar-refractivity contribution is 7.12. The molecule has 1 aromatic carbocycles. The summed E-state index contributed by atoms with van der Waals surface area (Å²) < 4.78 is 11.1. The van der Waals surface area contributed by atoms with Crippen LogP contribution in [0.2, 0.25) is 0 Å². The lowest BCUT2D eigenvalue weighted by Gasteiger charge is -2.39. The molecule has 1 saturated heterocycles. The van der Waals surface area contributed by atoms with Crippen LogP contribution in [0.25, 0.3) is 0 Å². The number of likely N-dealkylation sites (N-methyl/N-ethyl adjacent to an activating group) is 1. The molecule has 0 N–H and O–H groups in total. The first kappa shape index (κ1) is 16.6. The predicted octanol–water partition coefficient (Wildman–Crippen LogP) is 3.71. The Morgan fingerprint density at radius 1 is 1.16 bits per heavy atom. The summed E-state index contributed by atoms with van der Waals surface area (Å²) in [5.41, 5.74) is 4.93. The number of rotatable bonds is 3. The molecule has 0 bridgehead atoms. The molecular formula is C20H24N2O2S. The first-order valence-corrected chi connectivity index (χ1v) is 9.56. The molecule has 1 aromatic heterocycles. The molecule has 0 saturated carbocycles. The number of methoxy groups -OCH3 is 2. The lowest BCUT2D eigenvalue weighted by Crippen LogP contribution is -2.41. The van der Waals surface area contributed by atoms with E-state index in [9.17, 15) is 0 Å². The van der Waals surface area contributed by atoms with Crippen molar-refractivity contribution in [1.29, 1.82) is 0 Å². The Morgan fingerprint density at radius 2 is 1.92 bits per heavy atom. The second-order valence-electron chi connectivity index (χ2n) is 6.99. The van der Waals surface area contributed by atoms with Gasteiger partial charge in [0.15, 0.2) is 11.5 Å². The zero-order valence-corrected chi connectivity index (χ0v) is 16.0. The summed E-state index contributed by atoms with van der Waals surface area (Å²) in [5, 5.41) is 2.19. The van der Waals surface area contributed by atoms with Crippen molar-refractivity contribution in [2.45, 2.75) is 25.3 Å². The number of aryl methyl sites for hydroxylation is 1. The zero-order chi connectivity index (χ0) is 17.6. The van der Waals surface area contributed by atoms with Gasteiger partial charge in [0.1, 0.15) is 0 Å². The molecular weight excluding hydrogens is 332 g/mol. The maximum absolute atomic E-state index is 5.58. The van der Waals surface area contributed by atoms with E-state index in [1.807, 2.05) is 0 Å². The summed E-state index contributed by atoms with van der Waals surface area (Å²) in [7, 11) is 5.59. The van der Waals surface area contributed by atoms with E-state index < -0.39 is 0 Å². The third-order valence-electron chi connectivity index (χ3n) is 5.25. The van der Waals surface area contributed by atoms with E-state index in [-0.39, 0.29) is 0 Å². The van der Waals surface area contributed by atoms with Crippen LogP contribution in [0.5, 0.6) is 11.5 Å². The van der Waals surface area contributed by atoms with Crippen molar-refractivity contribution in [3.05, 3.63) is 45.1 Å². The molecule has 0 unspecified atom stereocenters. The summed E-state index contributed by atoms with van der Waals surface area (Å²) in [5.74, 6) is 1.99. The van der Waals surface area contributed by atoms with Crippen molar-refractivity contribution in [3.8, 4) is 11.5 Å². The van der Waals surface area contributed by atoms with E-state index in [1.54, 1.807) is 25.6 Å². The Morgan fingerprint density at radius 3 is 2.60 bits per heavy atom.